The molecule has 0 heterocycles. The second-order valence-corrected chi connectivity index (χ2v) is 5.19. The molecule has 1 aromatic rings. The van der Waals surface area contributed by atoms with Gasteiger partial charge in [-0.05, 0) is 31.0 Å². The molecular weight excluding hydrogens is 252 g/mol. The normalized spacial score (nSPS) is 15.4. The first-order chi connectivity index (χ1) is 9.83. The van der Waals surface area contributed by atoms with Crippen LogP contribution in [0.25, 0.3) is 0 Å². The van der Waals surface area contributed by atoms with Crippen LogP contribution in [0.5, 0.6) is 5.75 Å². The summed E-state index contributed by atoms with van der Waals surface area (Å²) in [7, 11) is 0. The summed E-state index contributed by atoms with van der Waals surface area (Å²) in [5.41, 5.74) is 0.616. The second kappa shape index (κ2) is 7.88. The summed E-state index contributed by atoms with van der Waals surface area (Å²) in [5, 5.41) is 18.0. The van der Waals surface area contributed by atoms with Crippen LogP contribution in [0.4, 0.5) is 0 Å². The van der Waals surface area contributed by atoms with Gasteiger partial charge in [0.25, 0.3) is 0 Å². The van der Waals surface area contributed by atoms with Crippen LogP contribution < -0.4 is 4.74 Å². The minimum Gasteiger partial charge on any atom is -0.492 e. The lowest BCUT2D eigenvalue weighted by molar-refractivity contribution is 0.129. The van der Waals surface area contributed by atoms with Crippen molar-refractivity contribution in [1.82, 2.24) is 4.90 Å². The van der Waals surface area contributed by atoms with Crippen LogP contribution in [-0.4, -0.2) is 42.4 Å². The lowest BCUT2D eigenvalue weighted by atomic mass is 10.2. The van der Waals surface area contributed by atoms with Crippen LogP contribution >= 0.6 is 0 Å². The Morgan fingerprint density at radius 3 is 2.80 bits per heavy atom. The number of aliphatic hydroxyl groups excluding tert-OH is 1. The lowest BCUT2D eigenvalue weighted by Crippen LogP contribution is -2.38. The summed E-state index contributed by atoms with van der Waals surface area (Å²) < 4.78 is 5.71. The van der Waals surface area contributed by atoms with E-state index >= 15 is 0 Å². The standard InChI is InChI=1S/C16H22N2O2/c17-13-14-4-3-7-16(12-14)20-11-9-18(8-10-19)15-5-1-2-6-15/h3-4,7,12,15,19H,1-2,5-6,8-11H2. The maximum atomic E-state index is 9.16. The van der Waals surface area contributed by atoms with Crippen molar-refractivity contribution in [1.29, 1.82) is 5.26 Å². The summed E-state index contributed by atoms with van der Waals surface area (Å²) in [4.78, 5) is 2.32. The van der Waals surface area contributed by atoms with Crippen LogP contribution in [0.15, 0.2) is 24.3 Å². The molecule has 0 amide bonds. The summed E-state index contributed by atoms with van der Waals surface area (Å²) in [6.07, 6.45) is 5.03. The third kappa shape index (κ3) is 4.22. The van der Waals surface area contributed by atoms with Crippen molar-refractivity contribution < 1.29 is 9.84 Å². The highest BCUT2D eigenvalue weighted by molar-refractivity contribution is 5.36. The SMILES string of the molecule is N#Cc1cccc(OCCN(CCO)C2CCCC2)c1. The molecule has 1 aliphatic carbocycles. The third-order valence-electron chi connectivity index (χ3n) is 3.84. The number of nitriles is 1. The van der Waals surface area contributed by atoms with E-state index in [2.05, 4.69) is 11.0 Å². The first-order valence-corrected chi connectivity index (χ1v) is 7.31. The first-order valence-electron chi connectivity index (χ1n) is 7.31. The lowest BCUT2D eigenvalue weighted by Gasteiger charge is -2.27. The fourth-order valence-corrected chi connectivity index (χ4v) is 2.81. The van der Waals surface area contributed by atoms with Crippen LogP contribution in [0, 0.1) is 11.3 Å². The third-order valence-corrected chi connectivity index (χ3v) is 3.84. The van der Waals surface area contributed by atoms with E-state index in [1.54, 1.807) is 12.1 Å². The molecule has 2 rings (SSSR count). The van der Waals surface area contributed by atoms with Crippen LogP contribution in [0.3, 0.4) is 0 Å². The predicted octanol–water partition coefficient (Wildman–Crippen LogP) is 2.17. The van der Waals surface area contributed by atoms with Gasteiger partial charge in [0, 0.05) is 19.1 Å². The van der Waals surface area contributed by atoms with E-state index in [1.165, 1.54) is 25.7 Å². The Labute approximate surface area is 120 Å². The summed E-state index contributed by atoms with van der Waals surface area (Å²) in [6, 6.07) is 9.92. The molecule has 0 aliphatic heterocycles. The van der Waals surface area contributed by atoms with Crippen molar-refractivity contribution in [3.63, 3.8) is 0 Å². The zero-order valence-electron chi connectivity index (χ0n) is 11.8. The molecule has 1 aliphatic rings. The number of hydrogen-bond acceptors (Lipinski definition) is 4. The molecule has 4 nitrogen and oxygen atoms in total. The maximum Gasteiger partial charge on any atom is 0.120 e. The Balaban J connectivity index is 1.81. The van der Waals surface area contributed by atoms with Gasteiger partial charge in [-0.25, -0.2) is 0 Å². The first kappa shape index (κ1) is 14.8. The zero-order valence-corrected chi connectivity index (χ0v) is 11.8. The van der Waals surface area contributed by atoms with Gasteiger partial charge in [-0.2, -0.15) is 5.26 Å². The fourth-order valence-electron chi connectivity index (χ4n) is 2.81. The number of nitrogens with zero attached hydrogens (tertiary/aromatic N) is 2. The predicted molar refractivity (Wildman–Crippen MR) is 77.6 cm³/mol. The van der Waals surface area contributed by atoms with E-state index in [0.29, 0.717) is 24.8 Å². The number of rotatable bonds is 7. The molecule has 0 spiro atoms. The summed E-state index contributed by atoms with van der Waals surface area (Å²) in [6.45, 7) is 2.32. The fraction of sp³-hybridized carbons (Fsp3) is 0.562. The van der Waals surface area contributed by atoms with Crippen LogP contribution in [0.1, 0.15) is 31.2 Å². The Morgan fingerprint density at radius 1 is 1.30 bits per heavy atom. The van der Waals surface area contributed by atoms with Gasteiger partial charge in [-0.15, -0.1) is 0 Å². The Bertz CT molecular complexity index is 450. The topological polar surface area (TPSA) is 56.5 Å². The average molecular weight is 274 g/mol. The van der Waals surface area contributed by atoms with Crippen molar-refractivity contribution in [2.24, 2.45) is 0 Å². The highest BCUT2D eigenvalue weighted by Crippen LogP contribution is 2.23. The van der Waals surface area contributed by atoms with Crippen molar-refractivity contribution in [2.75, 3.05) is 26.3 Å². The van der Waals surface area contributed by atoms with E-state index < -0.39 is 0 Å². The Morgan fingerprint density at radius 2 is 2.10 bits per heavy atom. The van der Waals surface area contributed by atoms with Crippen LogP contribution in [0.2, 0.25) is 0 Å². The molecule has 0 radical (unpaired) electrons. The van der Waals surface area contributed by atoms with E-state index in [9.17, 15) is 0 Å². The minimum atomic E-state index is 0.195. The molecule has 108 valence electrons. The van der Waals surface area contributed by atoms with Gasteiger partial charge in [0.15, 0.2) is 0 Å². The van der Waals surface area contributed by atoms with Gasteiger partial charge >= 0.3 is 0 Å². The van der Waals surface area contributed by atoms with Crippen molar-refractivity contribution in [3.05, 3.63) is 29.8 Å². The van der Waals surface area contributed by atoms with E-state index in [0.717, 1.165) is 12.3 Å². The van der Waals surface area contributed by atoms with Gasteiger partial charge in [0.05, 0.1) is 18.2 Å². The minimum absolute atomic E-state index is 0.195. The largest absolute Gasteiger partial charge is 0.492 e. The second-order valence-electron chi connectivity index (χ2n) is 5.19. The van der Waals surface area contributed by atoms with Gasteiger partial charge in [-0.1, -0.05) is 18.9 Å². The van der Waals surface area contributed by atoms with Gasteiger partial charge in [0.2, 0.25) is 0 Å². The molecule has 1 fully saturated rings. The van der Waals surface area contributed by atoms with Crippen LogP contribution in [-0.2, 0) is 0 Å². The van der Waals surface area contributed by atoms with Gasteiger partial charge in [-0.3, -0.25) is 4.90 Å². The molecular formula is C16H22N2O2. The quantitative estimate of drug-likeness (QED) is 0.828. The molecule has 0 atom stereocenters. The molecule has 0 saturated heterocycles. The number of hydrogen-bond donors (Lipinski definition) is 1. The molecule has 0 unspecified atom stereocenters. The summed E-state index contributed by atoms with van der Waals surface area (Å²) >= 11 is 0. The van der Waals surface area contributed by atoms with E-state index in [1.807, 2.05) is 12.1 Å². The van der Waals surface area contributed by atoms with Crippen molar-refractivity contribution >= 4 is 0 Å². The maximum absolute atomic E-state index is 9.16. The molecule has 4 heteroatoms. The smallest absolute Gasteiger partial charge is 0.120 e. The van der Waals surface area contributed by atoms with Gasteiger partial charge in [0.1, 0.15) is 12.4 Å². The zero-order chi connectivity index (χ0) is 14.2. The molecule has 1 saturated carbocycles. The summed E-state index contributed by atoms with van der Waals surface area (Å²) in [5.74, 6) is 0.736. The molecule has 1 N–H and O–H groups in total. The monoisotopic (exact) mass is 274 g/mol. The Kier molecular flexibility index (Phi) is 5.85. The van der Waals surface area contributed by atoms with Crippen molar-refractivity contribution in [2.45, 2.75) is 31.7 Å². The van der Waals surface area contributed by atoms with Crippen molar-refractivity contribution in [3.8, 4) is 11.8 Å². The number of ether oxygens (including phenoxy) is 1. The van der Waals surface area contributed by atoms with Gasteiger partial charge < -0.3 is 9.84 Å². The molecule has 1 aromatic carbocycles. The molecule has 0 bridgehead atoms. The highest BCUT2D eigenvalue weighted by atomic mass is 16.5. The average Bonchev–Trinajstić information content (AvgIpc) is 3.01. The number of benzene rings is 1. The Hall–Kier alpha value is -1.57. The van der Waals surface area contributed by atoms with E-state index in [4.69, 9.17) is 15.1 Å². The molecule has 20 heavy (non-hydrogen) atoms. The molecule has 0 aromatic heterocycles. The van der Waals surface area contributed by atoms with E-state index in [-0.39, 0.29) is 6.61 Å². The highest BCUT2D eigenvalue weighted by Gasteiger charge is 2.21. The number of aliphatic hydroxyl groups is 1.